The molecule has 0 atom stereocenters. The molecule has 0 unspecified atom stereocenters. The average molecular weight is 392 g/mol. The summed E-state index contributed by atoms with van der Waals surface area (Å²) in [5, 5.41) is 9.27. The minimum absolute atomic E-state index is 0. The summed E-state index contributed by atoms with van der Waals surface area (Å²) in [5.41, 5.74) is 2.22. The van der Waals surface area contributed by atoms with Gasteiger partial charge in [-0.1, -0.05) is 42.5 Å². The Kier molecular flexibility index (Phi) is 8.93. The van der Waals surface area contributed by atoms with Crippen molar-refractivity contribution in [2.24, 2.45) is 0 Å². The number of fused-ring (bicyclic) bond motifs is 1. The fourth-order valence-electron chi connectivity index (χ4n) is 3.30. The molecule has 0 bridgehead atoms. The summed E-state index contributed by atoms with van der Waals surface area (Å²) in [6.07, 6.45) is 1.61. The van der Waals surface area contributed by atoms with E-state index in [4.69, 9.17) is 0 Å². The molecule has 1 aliphatic rings. The van der Waals surface area contributed by atoms with Crippen LogP contribution in [0.25, 0.3) is 0 Å². The van der Waals surface area contributed by atoms with E-state index in [9.17, 15) is 14.7 Å². The first-order valence-electron chi connectivity index (χ1n) is 9.03. The number of nitrogens with zero attached hydrogens (tertiary/aromatic N) is 2. The van der Waals surface area contributed by atoms with Crippen LogP contribution in [0, 0.1) is 37.7 Å². The second kappa shape index (κ2) is 10.9. The fourth-order valence-corrected chi connectivity index (χ4v) is 3.30. The number of aliphatic hydroxyl groups is 1. The first-order chi connectivity index (χ1) is 12.7. The molecule has 1 N–H and O–H groups in total. The molecule has 2 aromatic rings. The second-order valence-electron chi connectivity index (χ2n) is 6.50. The molecule has 2 aromatic carbocycles. The van der Waals surface area contributed by atoms with Gasteiger partial charge in [0.1, 0.15) is 0 Å². The van der Waals surface area contributed by atoms with Crippen molar-refractivity contribution in [3.63, 3.8) is 0 Å². The minimum Gasteiger partial charge on any atom is -0.395 e. The van der Waals surface area contributed by atoms with Crippen molar-refractivity contribution < 1.29 is 52.4 Å². The zero-order valence-corrected chi connectivity index (χ0v) is 15.9. The summed E-state index contributed by atoms with van der Waals surface area (Å²) >= 11 is 0. The van der Waals surface area contributed by atoms with Crippen molar-refractivity contribution in [1.82, 2.24) is 9.80 Å². The molecule has 3 rings (SSSR count). The SMILES string of the molecule is O=C1c2ccccc2C(=O)N1CCCCN(CCO)Cc1ccccc1.[Ar]. The first kappa shape index (κ1) is 22.1. The molecule has 0 radical (unpaired) electrons. The van der Waals surface area contributed by atoms with Crippen LogP contribution in [0.4, 0.5) is 0 Å². The Morgan fingerprint density at radius 3 is 2.00 bits per heavy atom. The average Bonchev–Trinajstić information content (AvgIpc) is 2.91. The van der Waals surface area contributed by atoms with Gasteiger partial charge in [-0.25, -0.2) is 0 Å². The molecule has 144 valence electrons. The third kappa shape index (κ3) is 5.62. The number of hydrogen-bond donors (Lipinski definition) is 1. The quantitative estimate of drug-likeness (QED) is 0.526. The van der Waals surface area contributed by atoms with Crippen LogP contribution < -0.4 is 0 Å². The van der Waals surface area contributed by atoms with Crippen LogP contribution in [0.2, 0.25) is 0 Å². The molecular weight excluding hydrogens is 368 g/mol. The maximum Gasteiger partial charge on any atom is 0.261 e. The molecule has 0 spiro atoms. The van der Waals surface area contributed by atoms with E-state index in [1.165, 1.54) is 10.5 Å². The number of benzene rings is 2. The van der Waals surface area contributed by atoms with Crippen LogP contribution in [0.5, 0.6) is 0 Å². The van der Waals surface area contributed by atoms with Gasteiger partial charge >= 0.3 is 0 Å². The van der Waals surface area contributed by atoms with Gasteiger partial charge in [-0.15, -0.1) is 0 Å². The van der Waals surface area contributed by atoms with Crippen LogP contribution >= 0.6 is 0 Å². The zero-order chi connectivity index (χ0) is 18.4. The summed E-state index contributed by atoms with van der Waals surface area (Å²) in [5.74, 6) is -0.385. The van der Waals surface area contributed by atoms with E-state index >= 15 is 0 Å². The molecule has 1 heterocycles. The van der Waals surface area contributed by atoms with Crippen LogP contribution in [0.1, 0.15) is 39.1 Å². The van der Waals surface area contributed by atoms with Gasteiger partial charge < -0.3 is 5.11 Å². The van der Waals surface area contributed by atoms with Gasteiger partial charge in [0, 0.05) is 57.4 Å². The molecule has 0 saturated heterocycles. The third-order valence-corrected chi connectivity index (χ3v) is 4.65. The molecule has 27 heavy (non-hydrogen) atoms. The third-order valence-electron chi connectivity index (χ3n) is 4.65. The van der Waals surface area contributed by atoms with E-state index in [0.29, 0.717) is 24.2 Å². The maximum atomic E-state index is 12.3. The molecule has 0 fully saturated rings. The fraction of sp³-hybridized carbons (Fsp3) is 0.333. The van der Waals surface area contributed by atoms with Gasteiger partial charge in [-0.05, 0) is 37.1 Å². The Labute approximate surface area is 190 Å². The van der Waals surface area contributed by atoms with Gasteiger partial charge in [-0.2, -0.15) is 0 Å². The number of carbonyl (C=O) groups is 2. The van der Waals surface area contributed by atoms with Crippen molar-refractivity contribution in [2.45, 2.75) is 19.4 Å². The summed E-state index contributed by atoms with van der Waals surface area (Å²) in [4.78, 5) is 28.2. The molecule has 0 aromatic heterocycles. The molecule has 2 amide bonds. The monoisotopic (exact) mass is 392 g/mol. The zero-order valence-electron chi connectivity index (χ0n) is 15.2. The molecule has 0 saturated carbocycles. The topological polar surface area (TPSA) is 60.9 Å². The summed E-state index contributed by atoms with van der Waals surface area (Å²) < 4.78 is 0. The number of hydrogen-bond acceptors (Lipinski definition) is 4. The Morgan fingerprint density at radius 2 is 1.41 bits per heavy atom. The Balaban J connectivity index is 0.00000261. The normalized spacial score (nSPS) is 13.0. The number of aliphatic hydroxyl groups excluding tert-OH is 1. The Morgan fingerprint density at radius 1 is 0.815 bits per heavy atom. The predicted molar refractivity (Wildman–Crippen MR) is 99.8 cm³/mol. The Bertz CT molecular complexity index is 732. The van der Waals surface area contributed by atoms with Crippen molar-refractivity contribution in [3.8, 4) is 0 Å². The van der Waals surface area contributed by atoms with Gasteiger partial charge in [0.2, 0.25) is 0 Å². The van der Waals surface area contributed by atoms with Crippen LogP contribution in [0.3, 0.4) is 0 Å². The number of unbranched alkanes of at least 4 members (excludes halogenated alkanes) is 1. The first-order valence-corrected chi connectivity index (χ1v) is 9.03. The van der Waals surface area contributed by atoms with Crippen LogP contribution in [-0.4, -0.2) is 53.0 Å². The van der Waals surface area contributed by atoms with Gasteiger partial charge in [-0.3, -0.25) is 19.4 Å². The van der Waals surface area contributed by atoms with Crippen LogP contribution in [0.15, 0.2) is 54.6 Å². The maximum absolute atomic E-state index is 12.3. The van der Waals surface area contributed by atoms with Gasteiger partial charge in [0.05, 0.1) is 17.7 Å². The number of carbonyl (C=O) groups excluding carboxylic acids is 2. The van der Waals surface area contributed by atoms with Gasteiger partial charge in [0.15, 0.2) is 0 Å². The largest absolute Gasteiger partial charge is 0.395 e. The summed E-state index contributed by atoms with van der Waals surface area (Å²) in [7, 11) is 0. The van der Waals surface area contributed by atoms with E-state index in [-0.39, 0.29) is 56.2 Å². The smallest absolute Gasteiger partial charge is 0.261 e. The van der Waals surface area contributed by atoms with Crippen molar-refractivity contribution in [1.29, 1.82) is 0 Å². The van der Waals surface area contributed by atoms with Crippen molar-refractivity contribution in [3.05, 3.63) is 71.3 Å². The Hall–Kier alpha value is -1.24. The summed E-state index contributed by atoms with van der Waals surface area (Å²) in [6.45, 7) is 2.77. The minimum atomic E-state index is -0.193. The molecule has 6 heteroatoms. The molecule has 5 nitrogen and oxygen atoms in total. The van der Waals surface area contributed by atoms with Crippen molar-refractivity contribution >= 4 is 11.8 Å². The van der Waals surface area contributed by atoms with E-state index in [0.717, 1.165) is 25.9 Å². The number of rotatable bonds is 9. The number of amides is 2. The number of imide groups is 1. The molecule has 0 aliphatic carbocycles. The molecular formula is C21H24ArN2O3. The molecule has 1 aliphatic heterocycles. The predicted octanol–water partition coefficient (Wildman–Crippen LogP) is 2.56. The van der Waals surface area contributed by atoms with Crippen molar-refractivity contribution in [2.75, 3.05) is 26.2 Å². The van der Waals surface area contributed by atoms with E-state index in [1.54, 1.807) is 24.3 Å². The standard InChI is InChI=1S/C21H24N2O3.Ar/c24-15-14-22(16-17-8-2-1-3-9-17)12-6-7-13-23-20(25)18-10-4-5-11-19(18)21(23)26;/h1-5,8-11,24H,6-7,12-16H2;. The van der Waals surface area contributed by atoms with Gasteiger partial charge in [0.25, 0.3) is 11.8 Å². The second-order valence-corrected chi connectivity index (χ2v) is 6.50. The summed E-state index contributed by atoms with van der Waals surface area (Å²) in [6, 6.07) is 17.1. The van der Waals surface area contributed by atoms with E-state index in [1.807, 2.05) is 18.2 Å². The van der Waals surface area contributed by atoms with E-state index < -0.39 is 0 Å². The van der Waals surface area contributed by atoms with E-state index in [2.05, 4.69) is 17.0 Å². The van der Waals surface area contributed by atoms with Crippen LogP contribution in [-0.2, 0) is 6.54 Å².